The van der Waals surface area contributed by atoms with Crippen LogP contribution in [-0.2, 0) is 6.18 Å². The fourth-order valence-corrected chi connectivity index (χ4v) is 2.36. The molecule has 0 aromatic heterocycles. The Kier molecular flexibility index (Phi) is 4.32. The number of likely N-dealkylation sites (tertiary alicyclic amines) is 1. The zero-order valence-corrected chi connectivity index (χ0v) is 11.3. The molecule has 0 unspecified atom stereocenters. The van der Waals surface area contributed by atoms with E-state index in [0.29, 0.717) is 0 Å². The largest absolute Gasteiger partial charge is 0.416 e. The van der Waals surface area contributed by atoms with Crippen molar-refractivity contribution in [2.45, 2.75) is 25.1 Å². The van der Waals surface area contributed by atoms with Gasteiger partial charge in [0.25, 0.3) is 5.91 Å². The highest BCUT2D eigenvalue weighted by Crippen LogP contribution is 2.29. The summed E-state index contributed by atoms with van der Waals surface area (Å²) in [5.74, 6) is -0.430. The Hall–Kier alpha value is -1.56. The van der Waals surface area contributed by atoms with Gasteiger partial charge >= 0.3 is 6.18 Å². The Bertz CT molecular complexity index is 480. The van der Waals surface area contributed by atoms with E-state index in [9.17, 15) is 18.0 Å². The molecule has 1 aliphatic heterocycles. The van der Waals surface area contributed by atoms with Gasteiger partial charge in [0.1, 0.15) is 0 Å². The number of carbonyl (C=O) groups excluding carboxylic acids is 1. The van der Waals surface area contributed by atoms with Gasteiger partial charge in [-0.25, -0.2) is 0 Å². The van der Waals surface area contributed by atoms with E-state index in [1.165, 1.54) is 17.0 Å². The van der Waals surface area contributed by atoms with Crippen molar-refractivity contribution in [1.29, 1.82) is 0 Å². The second-order valence-corrected chi connectivity index (χ2v) is 5.28. The summed E-state index contributed by atoms with van der Waals surface area (Å²) in [5, 5.41) is 2.81. The number of quaternary nitrogens is 1. The SMILES string of the molecule is C[NH+]1CCC(NC(=O)c2cccc(C(F)(F)F)c2)CC1. The fourth-order valence-electron chi connectivity index (χ4n) is 2.36. The number of amides is 1. The lowest BCUT2D eigenvalue weighted by Crippen LogP contribution is -3.10. The van der Waals surface area contributed by atoms with Gasteiger partial charge in [0.2, 0.25) is 0 Å². The first-order chi connectivity index (χ1) is 9.36. The number of rotatable bonds is 2. The van der Waals surface area contributed by atoms with E-state index >= 15 is 0 Å². The standard InChI is InChI=1S/C14H17F3N2O/c1-19-7-5-12(6-8-19)18-13(20)10-3-2-4-11(9-10)14(15,16)17/h2-4,9,12H,5-8H2,1H3,(H,18,20)/p+1. The van der Waals surface area contributed by atoms with Crippen LogP contribution in [0.2, 0.25) is 0 Å². The van der Waals surface area contributed by atoms with Gasteiger partial charge in [-0.1, -0.05) is 6.07 Å². The number of piperidine rings is 1. The van der Waals surface area contributed by atoms with Crippen LogP contribution in [0, 0.1) is 0 Å². The maximum atomic E-state index is 12.6. The minimum Gasteiger partial charge on any atom is -0.349 e. The van der Waals surface area contributed by atoms with Gasteiger partial charge in [-0.05, 0) is 18.2 Å². The van der Waals surface area contributed by atoms with Crippen molar-refractivity contribution in [1.82, 2.24) is 5.32 Å². The van der Waals surface area contributed by atoms with Crippen LogP contribution in [0.3, 0.4) is 0 Å². The third-order valence-electron chi connectivity index (χ3n) is 3.63. The van der Waals surface area contributed by atoms with Crippen molar-refractivity contribution in [3.63, 3.8) is 0 Å². The van der Waals surface area contributed by atoms with Crippen molar-refractivity contribution < 1.29 is 22.9 Å². The molecule has 0 radical (unpaired) electrons. The Morgan fingerprint density at radius 2 is 1.95 bits per heavy atom. The van der Waals surface area contributed by atoms with Crippen molar-refractivity contribution in [3.8, 4) is 0 Å². The smallest absolute Gasteiger partial charge is 0.349 e. The summed E-state index contributed by atoms with van der Waals surface area (Å²) >= 11 is 0. The average molecular weight is 287 g/mol. The molecule has 20 heavy (non-hydrogen) atoms. The fraction of sp³-hybridized carbons (Fsp3) is 0.500. The number of carbonyl (C=O) groups is 1. The molecule has 6 heteroatoms. The molecule has 3 nitrogen and oxygen atoms in total. The summed E-state index contributed by atoms with van der Waals surface area (Å²) in [6.45, 7) is 1.93. The van der Waals surface area contributed by atoms with Crippen LogP contribution in [0.1, 0.15) is 28.8 Å². The van der Waals surface area contributed by atoms with Gasteiger partial charge in [-0.15, -0.1) is 0 Å². The lowest BCUT2D eigenvalue weighted by atomic mass is 10.0. The predicted octanol–water partition coefficient (Wildman–Crippen LogP) is 1.11. The Labute approximate surface area is 115 Å². The van der Waals surface area contributed by atoms with Gasteiger partial charge in [0.15, 0.2) is 0 Å². The Morgan fingerprint density at radius 1 is 1.30 bits per heavy atom. The van der Waals surface area contributed by atoms with E-state index in [0.717, 1.165) is 38.1 Å². The molecule has 110 valence electrons. The van der Waals surface area contributed by atoms with Crippen LogP contribution in [0.25, 0.3) is 0 Å². The molecular formula is C14H18F3N2O+. The first kappa shape index (κ1) is 14.8. The van der Waals surface area contributed by atoms with E-state index in [-0.39, 0.29) is 11.6 Å². The van der Waals surface area contributed by atoms with E-state index in [2.05, 4.69) is 12.4 Å². The second-order valence-electron chi connectivity index (χ2n) is 5.28. The van der Waals surface area contributed by atoms with E-state index in [1.807, 2.05) is 0 Å². The van der Waals surface area contributed by atoms with Gasteiger partial charge in [-0.2, -0.15) is 13.2 Å². The molecule has 1 aliphatic rings. The Balaban J connectivity index is 2.02. The van der Waals surface area contributed by atoms with E-state index in [1.54, 1.807) is 0 Å². The van der Waals surface area contributed by atoms with E-state index < -0.39 is 17.6 Å². The molecule has 1 heterocycles. The second kappa shape index (κ2) is 5.83. The van der Waals surface area contributed by atoms with Crippen LogP contribution in [-0.4, -0.2) is 32.1 Å². The molecule has 1 aromatic carbocycles. The number of benzene rings is 1. The summed E-state index contributed by atoms with van der Waals surface area (Å²) in [4.78, 5) is 13.4. The quantitative estimate of drug-likeness (QED) is 0.839. The third-order valence-corrected chi connectivity index (χ3v) is 3.63. The minimum atomic E-state index is -4.42. The molecule has 0 atom stereocenters. The van der Waals surface area contributed by atoms with Crippen LogP contribution in [0.4, 0.5) is 13.2 Å². The lowest BCUT2D eigenvalue weighted by molar-refractivity contribution is -0.884. The first-order valence-electron chi connectivity index (χ1n) is 6.65. The van der Waals surface area contributed by atoms with Crippen molar-refractivity contribution in [3.05, 3.63) is 35.4 Å². The molecule has 0 saturated carbocycles. The molecule has 2 rings (SSSR count). The Morgan fingerprint density at radius 3 is 2.55 bits per heavy atom. The number of halogens is 3. The molecule has 1 saturated heterocycles. The molecule has 1 aromatic rings. The highest BCUT2D eigenvalue weighted by atomic mass is 19.4. The predicted molar refractivity (Wildman–Crippen MR) is 68.6 cm³/mol. The van der Waals surface area contributed by atoms with Gasteiger partial charge in [-0.3, -0.25) is 4.79 Å². The lowest BCUT2D eigenvalue weighted by Gasteiger charge is -2.27. The highest BCUT2D eigenvalue weighted by molar-refractivity contribution is 5.94. The summed E-state index contributed by atoms with van der Waals surface area (Å²) in [7, 11) is 2.09. The van der Waals surface area contributed by atoms with Crippen LogP contribution < -0.4 is 10.2 Å². The zero-order valence-electron chi connectivity index (χ0n) is 11.3. The summed E-state index contributed by atoms with van der Waals surface area (Å²) in [5.41, 5.74) is -0.732. The highest BCUT2D eigenvalue weighted by Gasteiger charge is 2.31. The number of hydrogen-bond donors (Lipinski definition) is 2. The average Bonchev–Trinajstić information content (AvgIpc) is 2.40. The topological polar surface area (TPSA) is 33.5 Å². The summed E-state index contributed by atoms with van der Waals surface area (Å²) in [6.07, 6.45) is -2.71. The molecular weight excluding hydrogens is 269 g/mol. The third kappa shape index (κ3) is 3.72. The van der Waals surface area contributed by atoms with Gasteiger partial charge in [0, 0.05) is 24.4 Å². The van der Waals surface area contributed by atoms with Gasteiger partial charge in [0.05, 0.1) is 25.7 Å². The number of nitrogens with one attached hydrogen (secondary N) is 2. The first-order valence-corrected chi connectivity index (χ1v) is 6.65. The molecule has 1 fully saturated rings. The number of alkyl halides is 3. The van der Waals surface area contributed by atoms with Crippen LogP contribution in [0.5, 0.6) is 0 Å². The van der Waals surface area contributed by atoms with E-state index in [4.69, 9.17) is 0 Å². The molecule has 0 aliphatic carbocycles. The van der Waals surface area contributed by atoms with Crippen LogP contribution >= 0.6 is 0 Å². The maximum absolute atomic E-state index is 12.6. The minimum absolute atomic E-state index is 0.0562. The van der Waals surface area contributed by atoms with Crippen molar-refractivity contribution >= 4 is 5.91 Å². The summed E-state index contributed by atoms with van der Waals surface area (Å²) in [6, 6.07) is 4.59. The van der Waals surface area contributed by atoms with Crippen LogP contribution in [0.15, 0.2) is 24.3 Å². The molecule has 0 bridgehead atoms. The number of hydrogen-bond acceptors (Lipinski definition) is 1. The molecule has 2 N–H and O–H groups in total. The monoisotopic (exact) mass is 287 g/mol. The molecule has 0 spiro atoms. The zero-order chi connectivity index (χ0) is 14.8. The van der Waals surface area contributed by atoms with Gasteiger partial charge < -0.3 is 10.2 Å². The maximum Gasteiger partial charge on any atom is 0.416 e. The molecule has 1 amide bonds. The van der Waals surface area contributed by atoms with Crippen molar-refractivity contribution in [2.24, 2.45) is 0 Å². The summed E-state index contributed by atoms with van der Waals surface area (Å²) < 4.78 is 37.8. The van der Waals surface area contributed by atoms with Crippen molar-refractivity contribution in [2.75, 3.05) is 20.1 Å². The normalized spacial score (nSPS) is 23.4.